The SMILES string of the molecule is CCn1nc(C(=O)OC(C)C)c(C(C)=O)c(Nc2cccnc2)c1=O.CCn1nc(C(=O)OCc2ccccc2)c(C(C)=O)c(Nc2cccnc2)c1=O. The van der Waals surface area contributed by atoms with Crippen molar-refractivity contribution >= 4 is 46.3 Å². The van der Waals surface area contributed by atoms with E-state index in [-0.39, 0.29) is 59.7 Å². The number of carbonyl (C=O) groups is 4. The van der Waals surface area contributed by atoms with Gasteiger partial charge in [-0.1, -0.05) is 30.3 Å². The molecule has 5 rings (SSSR count). The predicted molar refractivity (Wildman–Crippen MR) is 200 cm³/mol. The number of aromatic nitrogens is 6. The number of rotatable bonds is 13. The van der Waals surface area contributed by atoms with Gasteiger partial charge < -0.3 is 20.1 Å². The number of esters is 2. The highest BCUT2D eigenvalue weighted by molar-refractivity contribution is 6.09. The van der Waals surface area contributed by atoms with Gasteiger partial charge >= 0.3 is 11.9 Å². The molecule has 0 saturated carbocycles. The molecule has 0 aliphatic heterocycles. The van der Waals surface area contributed by atoms with Gasteiger partial charge in [0.1, 0.15) is 18.0 Å². The number of nitrogens with zero attached hydrogens (tertiary/aromatic N) is 6. The first-order valence-corrected chi connectivity index (χ1v) is 16.9. The molecule has 0 atom stereocenters. The molecule has 0 fully saturated rings. The topological polar surface area (TPSA) is 206 Å². The van der Waals surface area contributed by atoms with Crippen molar-refractivity contribution in [3.05, 3.63) is 128 Å². The van der Waals surface area contributed by atoms with Crippen LogP contribution in [0.3, 0.4) is 0 Å². The highest BCUT2D eigenvalue weighted by Gasteiger charge is 2.28. The van der Waals surface area contributed by atoms with Crippen LogP contribution >= 0.6 is 0 Å². The molecule has 280 valence electrons. The Hall–Kier alpha value is -6.84. The van der Waals surface area contributed by atoms with Gasteiger partial charge in [0.15, 0.2) is 23.0 Å². The molecule has 0 bridgehead atoms. The maximum absolute atomic E-state index is 12.8. The minimum Gasteiger partial charge on any atom is -0.458 e. The number of nitrogens with one attached hydrogen (secondary N) is 2. The molecule has 0 unspecified atom stereocenters. The number of aryl methyl sites for hydroxylation is 2. The average Bonchev–Trinajstić information content (AvgIpc) is 3.16. The molecule has 0 spiro atoms. The lowest BCUT2D eigenvalue weighted by Crippen LogP contribution is -2.31. The summed E-state index contributed by atoms with van der Waals surface area (Å²) in [4.78, 5) is 83.0. The lowest BCUT2D eigenvalue weighted by atomic mass is 10.1. The van der Waals surface area contributed by atoms with E-state index in [0.717, 1.165) is 14.9 Å². The molecule has 5 aromatic rings. The molecule has 2 N–H and O–H groups in total. The molecule has 0 aliphatic rings. The van der Waals surface area contributed by atoms with Gasteiger partial charge in [-0.3, -0.25) is 29.1 Å². The maximum Gasteiger partial charge on any atom is 0.359 e. The molecule has 0 aliphatic carbocycles. The van der Waals surface area contributed by atoms with Gasteiger partial charge in [-0.2, -0.15) is 10.2 Å². The van der Waals surface area contributed by atoms with Crippen LogP contribution in [0.4, 0.5) is 22.7 Å². The minimum atomic E-state index is -0.782. The summed E-state index contributed by atoms with van der Waals surface area (Å²) in [6, 6.07) is 15.9. The fraction of sp³-hybridized carbons (Fsp3) is 0.263. The van der Waals surface area contributed by atoms with E-state index in [4.69, 9.17) is 9.47 Å². The highest BCUT2D eigenvalue weighted by Crippen LogP contribution is 2.22. The summed E-state index contributed by atoms with van der Waals surface area (Å²) in [5.41, 5.74) is 0.147. The van der Waals surface area contributed by atoms with Gasteiger partial charge in [-0.05, 0) is 71.4 Å². The van der Waals surface area contributed by atoms with Crippen molar-refractivity contribution in [2.45, 2.75) is 67.3 Å². The number of carbonyl (C=O) groups excluding carboxylic acids is 4. The van der Waals surface area contributed by atoms with Crippen LogP contribution in [0.2, 0.25) is 0 Å². The van der Waals surface area contributed by atoms with Crippen LogP contribution in [0.5, 0.6) is 0 Å². The zero-order chi connectivity index (χ0) is 39.4. The second-order valence-corrected chi connectivity index (χ2v) is 11.8. The highest BCUT2D eigenvalue weighted by atomic mass is 16.5. The molecule has 16 nitrogen and oxygen atoms in total. The van der Waals surface area contributed by atoms with E-state index in [9.17, 15) is 28.8 Å². The molecule has 1 aromatic carbocycles. The molecular weight excluding hydrogens is 696 g/mol. The number of Topliss-reactive ketones (excluding diaryl/α,β-unsaturated/α-hetero) is 2. The fourth-order valence-electron chi connectivity index (χ4n) is 5.00. The molecule has 16 heteroatoms. The van der Waals surface area contributed by atoms with Gasteiger partial charge in [0, 0.05) is 25.5 Å². The zero-order valence-electron chi connectivity index (χ0n) is 30.7. The Morgan fingerprint density at radius 2 is 1.15 bits per heavy atom. The summed E-state index contributed by atoms with van der Waals surface area (Å²) in [5.74, 6) is -2.47. The minimum absolute atomic E-state index is 0.0203. The van der Waals surface area contributed by atoms with Gasteiger partial charge in [-0.15, -0.1) is 0 Å². The largest absolute Gasteiger partial charge is 0.458 e. The standard InChI is InChI=1S/C21H20N4O4.C17H20N4O4/c1-3-25-20(27)18(23-16-10-7-11-22-12-16)17(14(2)26)19(24-25)21(28)29-13-15-8-5-4-6-9-15;1-5-21-16(23)14(19-12-7-6-8-18-9-12)13(11(4)22)15(20-21)17(24)25-10(2)3/h4-12,23H,3,13H2,1-2H3;6-10,19H,5H2,1-4H3. The van der Waals surface area contributed by atoms with Crippen LogP contribution in [0.25, 0.3) is 0 Å². The number of ether oxygens (including phenoxy) is 2. The first kappa shape index (κ1) is 39.9. The van der Waals surface area contributed by atoms with Gasteiger partial charge in [0.2, 0.25) is 0 Å². The summed E-state index contributed by atoms with van der Waals surface area (Å²) in [6.07, 6.45) is 5.80. The van der Waals surface area contributed by atoms with E-state index in [1.807, 2.05) is 30.3 Å². The predicted octanol–water partition coefficient (Wildman–Crippen LogP) is 5.13. The normalized spacial score (nSPS) is 10.5. The van der Waals surface area contributed by atoms with Crippen molar-refractivity contribution in [3.63, 3.8) is 0 Å². The maximum atomic E-state index is 12.8. The second kappa shape index (κ2) is 18.6. The number of benzene rings is 1. The van der Waals surface area contributed by atoms with Crippen LogP contribution in [0.1, 0.15) is 88.8 Å². The molecule has 4 aromatic heterocycles. The van der Waals surface area contributed by atoms with E-state index in [1.54, 1.807) is 64.4 Å². The quantitative estimate of drug-likeness (QED) is 0.119. The first-order chi connectivity index (χ1) is 25.9. The van der Waals surface area contributed by atoms with Crippen LogP contribution in [-0.2, 0) is 29.2 Å². The molecule has 4 heterocycles. The Kier molecular flexibility index (Phi) is 13.7. The van der Waals surface area contributed by atoms with E-state index in [1.165, 1.54) is 26.2 Å². The third-order valence-electron chi connectivity index (χ3n) is 7.42. The van der Waals surface area contributed by atoms with Crippen molar-refractivity contribution in [3.8, 4) is 0 Å². The number of hydrogen-bond donors (Lipinski definition) is 2. The van der Waals surface area contributed by atoms with E-state index < -0.39 is 34.6 Å². The van der Waals surface area contributed by atoms with Crippen molar-refractivity contribution in [1.29, 1.82) is 0 Å². The van der Waals surface area contributed by atoms with Crippen molar-refractivity contribution in [2.75, 3.05) is 10.6 Å². The monoisotopic (exact) mass is 736 g/mol. The van der Waals surface area contributed by atoms with E-state index in [0.29, 0.717) is 11.4 Å². The Morgan fingerprint density at radius 1 is 0.685 bits per heavy atom. The van der Waals surface area contributed by atoms with Gasteiger partial charge in [-0.25, -0.2) is 19.0 Å². The van der Waals surface area contributed by atoms with Crippen molar-refractivity contribution < 1.29 is 28.7 Å². The number of anilines is 4. The Balaban J connectivity index is 0.000000244. The van der Waals surface area contributed by atoms with Gasteiger partial charge in [0.05, 0.1) is 41.0 Å². The Labute approximate surface area is 310 Å². The van der Waals surface area contributed by atoms with Crippen LogP contribution in [0.15, 0.2) is 89.0 Å². The molecule has 0 saturated heterocycles. The smallest absolute Gasteiger partial charge is 0.359 e. The molecular formula is C38H40N8O8. The van der Waals surface area contributed by atoms with Crippen LogP contribution in [-0.4, -0.2) is 59.1 Å². The number of ketones is 2. The summed E-state index contributed by atoms with van der Waals surface area (Å²) in [5, 5.41) is 13.9. The van der Waals surface area contributed by atoms with E-state index in [2.05, 4.69) is 30.8 Å². The third-order valence-corrected chi connectivity index (χ3v) is 7.42. The van der Waals surface area contributed by atoms with Crippen molar-refractivity contribution in [1.82, 2.24) is 29.5 Å². The molecule has 0 amide bonds. The summed E-state index contributed by atoms with van der Waals surface area (Å²) >= 11 is 0. The van der Waals surface area contributed by atoms with Gasteiger partial charge in [0.25, 0.3) is 11.1 Å². The molecule has 54 heavy (non-hydrogen) atoms. The fourth-order valence-corrected chi connectivity index (χ4v) is 5.00. The van der Waals surface area contributed by atoms with Crippen LogP contribution in [0, 0.1) is 0 Å². The van der Waals surface area contributed by atoms with Crippen LogP contribution < -0.4 is 21.8 Å². The summed E-state index contributed by atoms with van der Waals surface area (Å²) in [6.45, 7) is 9.84. The van der Waals surface area contributed by atoms with Crippen molar-refractivity contribution in [2.24, 2.45) is 0 Å². The first-order valence-electron chi connectivity index (χ1n) is 16.9. The second-order valence-electron chi connectivity index (χ2n) is 11.8. The lowest BCUT2D eigenvalue weighted by molar-refractivity contribution is 0.0364. The number of hydrogen-bond acceptors (Lipinski definition) is 14. The summed E-state index contributed by atoms with van der Waals surface area (Å²) < 4.78 is 12.7. The third kappa shape index (κ3) is 9.93. The Bertz CT molecular complexity index is 2240. The zero-order valence-corrected chi connectivity index (χ0v) is 30.7. The average molecular weight is 737 g/mol. The number of pyridine rings is 2. The summed E-state index contributed by atoms with van der Waals surface area (Å²) in [7, 11) is 0. The molecule has 0 radical (unpaired) electrons. The lowest BCUT2D eigenvalue weighted by Gasteiger charge is -2.16. The Morgan fingerprint density at radius 3 is 1.54 bits per heavy atom. The van der Waals surface area contributed by atoms with E-state index >= 15 is 0 Å².